The van der Waals surface area contributed by atoms with Crippen molar-refractivity contribution in [3.8, 4) is 10.4 Å². The number of benzene rings is 1. The first-order chi connectivity index (χ1) is 9.49. The molecule has 0 radical (unpaired) electrons. The number of hydrogen-bond acceptors (Lipinski definition) is 4. The molecular weight excluding hydrogens is 276 g/mol. The summed E-state index contributed by atoms with van der Waals surface area (Å²) >= 11 is 1.25. The minimum atomic E-state index is -1.63. The van der Waals surface area contributed by atoms with Crippen LogP contribution in [-0.2, 0) is 4.79 Å². The summed E-state index contributed by atoms with van der Waals surface area (Å²) in [5.74, 6) is -3.40. The van der Waals surface area contributed by atoms with E-state index in [2.05, 4.69) is 0 Å². The molecule has 0 bridgehead atoms. The van der Waals surface area contributed by atoms with Crippen molar-refractivity contribution in [3.05, 3.63) is 58.7 Å². The molecule has 4 nitrogen and oxygen atoms in total. The van der Waals surface area contributed by atoms with Crippen molar-refractivity contribution in [2.24, 2.45) is 0 Å². The number of rotatable bonds is 4. The number of carbonyl (C=O) groups excluding carboxylic acids is 1. The van der Waals surface area contributed by atoms with Crippen molar-refractivity contribution < 1.29 is 19.8 Å². The van der Waals surface area contributed by atoms with Crippen LogP contribution in [0.15, 0.2) is 48.2 Å². The second kappa shape index (κ2) is 5.71. The average molecular weight is 287 g/mol. The SMILES string of the molecule is Cc1cc(-c2ccccc2)sc1C(=O)/C=C(/[O-])C(=O)O. The van der Waals surface area contributed by atoms with Gasteiger partial charge in [0.05, 0.1) is 4.88 Å². The van der Waals surface area contributed by atoms with Crippen LogP contribution in [0.4, 0.5) is 0 Å². The summed E-state index contributed by atoms with van der Waals surface area (Å²) in [7, 11) is 0. The Morgan fingerprint density at radius 1 is 1.25 bits per heavy atom. The third-order valence-corrected chi connectivity index (χ3v) is 3.97. The molecule has 0 saturated heterocycles. The Morgan fingerprint density at radius 3 is 2.50 bits per heavy atom. The number of ketones is 1. The lowest BCUT2D eigenvalue weighted by Crippen LogP contribution is -2.16. The van der Waals surface area contributed by atoms with E-state index in [0.717, 1.165) is 16.0 Å². The van der Waals surface area contributed by atoms with E-state index in [0.29, 0.717) is 11.0 Å². The zero-order chi connectivity index (χ0) is 14.7. The lowest BCUT2D eigenvalue weighted by molar-refractivity contribution is -0.302. The molecule has 0 spiro atoms. The summed E-state index contributed by atoms with van der Waals surface area (Å²) in [6.45, 7) is 1.76. The van der Waals surface area contributed by atoms with Gasteiger partial charge in [0.15, 0.2) is 5.78 Å². The smallest absolute Gasteiger partial charge is 0.320 e. The molecule has 1 aromatic heterocycles. The normalized spacial score (nSPS) is 11.3. The number of carbonyl (C=O) groups is 2. The third-order valence-electron chi connectivity index (χ3n) is 2.67. The minimum absolute atomic E-state index is 0.387. The van der Waals surface area contributed by atoms with Crippen LogP contribution in [0.3, 0.4) is 0 Å². The number of hydrogen-bond donors (Lipinski definition) is 1. The van der Waals surface area contributed by atoms with Gasteiger partial charge in [-0.15, -0.1) is 11.3 Å². The Kier molecular flexibility index (Phi) is 4.00. The van der Waals surface area contributed by atoms with Gasteiger partial charge in [0.2, 0.25) is 0 Å². The molecule has 0 atom stereocenters. The average Bonchev–Trinajstić information content (AvgIpc) is 2.81. The Bertz CT molecular complexity index is 683. The van der Waals surface area contributed by atoms with Gasteiger partial charge in [0, 0.05) is 4.88 Å². The highest BCUT2D eigenvalue weighted by Gasteiger charge is 2.13. The number of aryl methyl sites for hydroxylation is 1. The van der Waals surface area contributed by atoms with E-state index < -0.39 is 17.5 Å². The first-order valence-corrected chi connectivity index (χ1v) is 6.63. The highest BCUT2D eigenvalue weighted by atomic mass is 32.1. The number of aliphatic carboxylic acids is 1. The van der Waals surface area contributed by atoms with Gasteiger partial charge < -0.3 is 10.2 Å². The lowest BCUT2D eigenvalue weighted by Gasteiger charge is -2.03. The van der Waals surface area contributed by atoms with Gasteiger partial charge in [-0.25, -0.2) is 4.79 Å². The van der Waals surface area contributed by atoms with Gasteiger partial charge in [-0.3, -0.25) is 4.79 Å². The summed E-state index contributed by atoms with van der Waals surface area (Å²) in [6.07, 6.45) is 0.621. The second-order valence-corrected chi connectivity index (χ2v) is 5.22. The summed E-state index contributed by atoms with van der Waals surface area (Å²) in [4.78, 5) is 23.6. The molecule has 20 heavy (non-hydrogen) atoms. The molecule has 0 saturated carbocycles. The summed E-state index contributed by atoms with van der Waals surface area (Å²) in [5.41, 5.74) is 1.71. The van der Waals surface area contributed by atoms with Crippen LogP contribution in [0, 0.1) is 6.92 Å². The van der Waals surface area contributed by atoms with Crippen LogP contribution < -0.4 is 5.11 Å². The molecule has 0 aliphatic carbocycles. The maximum atomic E-state index is 11.9. The number of thiophene rings is 1. The predicted octanol–water partition coefficient (Wildman–Crippen LogP) is 2.24. The Balaban J connectivity index is 2.36. The van der Waals surface area contributed by atoms with Crippen molar-refractivity contribution in [1.29, 1.82) is 0 Å². The second-order valence-electron chi connectivity index (χ2n) is 4.17. The molecule has 102 valence electrons. The quantitative estimate of drug-likeness (QED) is 0.531. The Hall–Kier alpha value is -2.40. The van der Waals surface area contributed by atoms with Gasteiger partial charge in [-0.05, 0) is 36.0 Å². The van der Waals surface area contributed by atoms with Crippen LogP contribution in [0.2, 0.25) is 0 Å². The molecule has 5 heteroatoms. The van der Waals surface area contributed by atoms with Crippen LogP contribution in [0.5, 0.6) is 0 Å². The molecule has 0 unspecified atom stereocenters. The van der Waals surface area contributed by atoms with Crippen molar-refractivity contribution in [2.75, 3.05) is 0 Å². The zero-order valence-corrected chi connectivity index (χ0v) is 11.4. The minimum Gasteiger partial charge on any atom is -0.867 e. The summed E-state index contributed by atoms with van der Waals surface area (Å²) < 4.78 is 0. The van der Waals surface area contributed by atoms with Gasteiger partial charge in [0.25, 0.3) is 0 Å². The molecule has 0 amide bonds. The standard InChI is InChI=1S/C15H12O4S/c1-9-7-13(10-5-3-2-4-6-10)20-14(9)11(16)8-12(17)15(18)19/h2-8,17H,1H3,(H,18,19)/p-1/b12-8+. The van der Waals surface area contributed by atoms with Crippen molar-refractivity contribution >= 4 is 23.1 Å². The molecule has 1 N–H and O–H groups in total. The Morgan fingerprint density at radius 2 is 1.90 bits per heavy atom. The van der Waals surface area contributed by atoms with E-state index in [-0.39, 0.29) is 0 Å². The fourth-order valence-electron chi connectivity index (χ4n) is 1.72. The van der Waals surface area contributed by atoms with Gasteiger partial charge in [-0.1, -0.05) is 30.3 Å². The number of allylic oxidation sites excluding steroid dienone is 1. The molecule has 2 aromatic rings. The molecule has 0 aliphatic heterocycles. The van der Waals surface area contributed by atoms with E-state index in [9.17, 15) is 14.7 Å². The van der Waals surface area contributed by atoms with E-state index in [1.165, 1.54) is 11.3 Å². The van der Waals surface area contributed by atoms with Crippen LogP contribution in [-0.4, -0.2) is 16.9 Å². The lowest BCUT2D eigenvalue weighted by atomic mass is 10.1. The first-order valence-electron chi connectivity index (χ1n) is 5.81. The van der Waals surface area contributed by atoms with Gasteiger partial charge in [-0.2, -0.15) is 0 Å². The molecular formula is C15H11O4S-. The fraction of sp³-hybridized carbons (Fsp3) is 0.0667. The van der Waals surface area contributed by atoms with E-state index in [4.69, 9.17) is 5.11 Å². The fourth-order valence-corrected chi connectivity index (χ4v) is 2.81. The first kappa shape index (κ1) is 14.0. The molecule has 1 heterocycles. The van der Waals surface area contributed by atoms with Crippen LogP contribution in [0.1, 0.15) is 15.2 Å². The van der Waals surface area contributed by atoms with Crippen molar-refractivity contribution in [3.63, 3.8) is 0 Å². The van der Waals surface area contributed by atoms with Crippen LogP contribution >= 0.6 is 11.3 Å². The van der Waals surface area contributed by atoms with Crippen molar-refractivity contribution in [1.82, 2.24) is 0 Å². The molecule has 0 aliphatic rings. The highest BCUT2D eigenvalue weighted by Crippen LogP contribution is 2.31. The third kappa shape index (κ3) is 2.95. The number of carboxylic acid groups (broad SMARTS) is 1. The molecule has 0 fully saturated rings. The predicted molar refractivity (Wildman–Crippen MR) is 74.5 cm³/mol. The highest BCUT2D eigenvalue weighted by molar-refractivity contribution is 7.17. The van der Waals surface area contributed by atoms with Crippen molar-refractivity contribution in [2.45, 2.75) is 6.92 Å². The van der Waals surface area contributed by atoms with Crippen LogP contribution in [0.25, 0.3) is 10.4 Å². The molecule has 2 rings (SSSR count). The summed E-state index contributed by atoms with van der Waals surface area (Å²) in [5, 5.41) is 19.5. The van der Waals surface area contributed by atoms with Gasteiger partial charge in [0.1, 0.15) is 0 Å². The van der Waals surface area contributed by atoms with Gasteiger partial charge >= 0.3 is 5.97 Å². The van der Waals surface area contributed by atoms with E-state index >= 15 is 0 Å². The largest absolute Gasteiger partial charge is 0.867 e. The zero-order valence-electron chi connectivity index (χ0n) is 10.6. The Labute approximate surface area is 119 Å². The topological polar surface area (TPSA) is 77.4 Å². The maximum absolute atomic E-state index is 11.9. The van der Waals surface area contributed by atoms with E-state index in [1.807, 2.05) is 36.4 Å². The summed E-state index contributed by atoms with van der Waals surface area (Å²) in [6, 6.07) is 11.4. The maximum Gasteiger partial charge on any atom is 0.320 e. The number of carboxylic acids is 1. The monoisotopic (exact) mass is 287 g/mol. The molecule has 1 aromatic carbocycles. The van der Waals surface area contributed by atoms with E-state index in [1.54, 1.807) is 6.92 Å².